The van der Waals surface area contributed by atoms with E-state index in [2.05, 4.69) is 27.3 Å². The van der Waals surface area contributed by atoms with E-state index in [9.17, 15) is 10.1 Å². The molecule has 0 unspecified atom stereocenters. The van der Waals surface area contributed by atoms with E-state index in [0.717, 1.165) is 13.1 Å². The Morgan fingerprint density at radius 1 is 1.10 bits per heavy atom. The van der Waals surface area contributed by atoms with Gasteiger partial charge in [0.15, 0.2) is 5.76 Å². The number of rotatable bonds is 6. The van der Waals surface area contributed by atoms with Crippen molar-refractivity contribution in [1.82, 2.24) is 9.88 Å². The van der Waals surface area contributed by atoms with Crippen molar-refractivity contribution >= 4 is 17.5 Å². The number of anilines is 2. The summed E-state index contributed by atoms with van der Waals surface area (Å²) in [6.07, 6.45) is 1.85. The molecule has 1 aliphatic rings. The summed E-state index contributed by atoms with van der Waals surface area (Å²) in [6, 6.07) is 14.6. The van der Waals surface area contributed by atoms with Crippen molar-refractivity contribution in [3.63, 3.8) is 0 Å². The molecule has 9 nitrogen and oxygen atoms in total. The summed E-state index contributed by atoms with van der Waals surface area (Å²) in [7, 11) is 0. The van der Waals surface area contributed by atoms with E-state index in [1.807, 2.05) is 4.90 Å². The molecule has 1 fully saturated rings. The van der Waals surface area contributed by atoms with Gasteiger partial charge < -0.3 is 19.1 Å². The molecule has 4 rings (SSSR count). The van der Waals surface area contributed by atoms with Gasteiger partial charge in [-0.25, -0.2) is 0 Å². The number of aromatic nitrogens is 1. The highest BCUT2D eigenvalue weighted by atomic mass is 16.4. The molecule has 1 aliphatic heterocycles. The molecule has 156 valence electrons. The van der Waals surface area contributed by atoms with Crippen molar-refractivity contribution in [2.45, 2.75) is 6.42 Å². The summed E-state index contributed by atoms with van der Waals surface area (Å²) >= 11 is 0. The Balaban J connectivity index is 1.30. The van der Waals surface area contributed by atoms with Crippen LogP contribution in [0.25, 0.3) is 11.7 Å². The van der Waals surface area contributed by atoms with E-state index in [-0.39, 0.29) is 17.5 Å². The van der Waals surface area contributed by atoms with Crippen LogP contribution in [0.1, 0.15) is 17.7 Å². The second-order valence-corrected chi connectivity index (χ2v) is 7.05. The normalized spacial score (nSPS) is 14.1. The molecule has 3 heterocycles. The molecule has 2 aromatic heterocycles. The summed E-state index contributed by atoms with van der Waals surface area (Å²) in [5.74, 6) is 1.08. The van der Waals surface area contributed by atoms with Gasteiger partial charge in [-0.05, 0) is 24.3 Å². The van der Waals surface area contributed by atoms with E-state index in [1.54, 1.807) is 36.4 Å². The fraction of sp³-hybridized carbons (Fsp3) is 0.273. The van der Waals surface area contributed by atoms with Crippen LogP contribution in [0.15, 0.2) is 51.5 Å². The molecule has 0 spiro atoms. The number of para-hydroxylation sites is 1. The average Bonchev–Trinajstić information content (AvgIpc) is 3.48. The number of nitrogens with zero attached hydrogens (tertiary/aromatic N) is 5. The van der Waals surface area contributed by atoms with Crippen molar-refractivity contribution in [3.8, 4) is 23.8 Å². The lowest BCUT2D eigenvalue weighted by atomic mass is 10.2. The van der Waals surface area contributed by atoms with Crippen molar-refractivity contribution < 1.29 is 13.6 Å². The number of hydrogen-bond donors (Lipinski definition) is 1. The molecule has 31 heavy (non-hydrogen) atoms. The maximum atomic E-state index is 12.3. The minimum absolute atomic E-state index is 0.129. The van der Waals surface area contributed by atoms with Crippen LogP contribution in [0.3, 0.4) is 0 Å². The number of oxazole rings is 1. The zero-order valence-electron chi connectivity index (χ0n) is 16.7. The maximum Gasteiger partial charge on any atom is 0.266 e. The minimum atomic E-state index is -0.129. The highest BCUT2D eigenvalue weighted by Crippen LogP contribution is 2.29. The fourth-order valence-corrected chi connectivity index (χ4v) is 3.44. The Bertz CT molecular complexity index is 1130. The summed E-state index contributed by atoms with van der Waals surface area (Å²) in [6.45, 7) is 3.36. The molecule has 0 aliphatic carbocycles. The molecule has 1 N–H and O–H groups in total. The van der Waals surface area contributed by atoms with Gasteiger partial charge in [0, 0.05) is 39.1 Å². The van der Waals surface area contributed by atoms with Gasteiger partial charge in [0.1, 0.15) is 12.1 Å². The van der Waals surface area contributed by atoms with Gasteiger partial charge in [0.05, 0.1) is 17.5 Å². The van der Waals surface area contributed by atoms with Crippen LogP contribution in [0.4, 0.5) is 11.6 Å². The molecule has 3 aromatic rings. The Kier molecular flexibility index (Phi) is 5.97. The molecule has 1 aromatic carbocycles. The summed E-state index contributed by atoms with van der Waals surface area (Å²) in [5.41, 5.74) is 1.20. The lowest BCUT2D eigenvalue weighted by Gasteiger charge is -2.34. The third kappa shape index (κ3) is 4.58. The van der Waals surface area contributed by atoms with E-state index < -0.39 is 0 Å². The van der Waals surface area contributed by atoms with Crippen LogP contribution in [0, 0.1) is 22.7 Å². The first kappa shape index (κ1) is 20.2. The van der Waals surface area contributed by atoms with Crippen molar-refractivity contribution in [3.05, 3.63) is 53.9 Å². The molecule has 1 amide bonds. The zero-order chi connectivity index (χ0) is 21.6. The topological polar surface area (TPSA) is 122 Å². The Morgan fingerprint density at radius 2 is 1.90 bits per heavy atom. The van der Waals surface area contributed by atoms with E-state index in [4.69, 9.17) is 14.1 Å². The third-order valence-electron chi connectivity index (χ3n) is 5.08. The molecule has 9 heteroatoms. The molecule has 0 bridgehead atoms. The molecule has 1 saturated heterocycles. The number of amides is 1. The standard InChI is InChI=1S/C22H20N6O3/c23-14-16-4-1-2-5-17(16)25-20(29)7-8-27-9-11-28(12-10-27)22-18(15-24)26-21(31-22)19-6-3-13-30-19/h1-6,13H,7-12H2,(H,25,29). The maximum absolute atomic E-state index is 12.3. The highest BCUT2D eigenvalue weighted by Gasteiger charge is 2.25. The second-order valence-electron chi connectivity index (χ2n) is 7.05. The number of carbonyl (C=O) groups excluding carboxylic acids is 1. The van der Waals surface area contributed by atoms with Gasteiger partial charge in [-0.15, -0.1) is 0 Å². The minimum Gasteiger partial charge on any atom is -0.459 e. The van der Waals surface area contributed by atoms with Crippen LogP contribution in [0.2, 0.25) is 0 Å². The number of piperazine rings is 1. The lowest BCUT2D eigenvalue weighted by Crippen LogP contribution is -2.47. The predicted octanol–water partition coefficient (Wildman–Crippen LogP) is 2.83. The monoisotopic (exact) mass is 416 g/mol. The highest BCUT2D eigenvalue weighted by molar-refractivity contribution is 5.92. The number of carbonyl (C=O) groups is 1. The van der Waals surface area contributed by atoms with Gasteiger partial charge in [-0.2, -0.15) is 15.5 Å². The number of nitrogens with one attached hydrogen (secondary N) is 1. The van der Waals surface area contributed by atoms with Crippen LogP contribution in [-0.2, 0) is 4.79 Å². The summed E-state index contributed by atoms with van der Waals surface area (Å²) < 4.78 is 11.1. The Hall–Kier alpha value is -4.08. The largest absolute Gasteiger partial charge is 0.459 e. The van der Waals surface area contributed by atoms with Gasteiger partial charge >= 0.3 is 0 Å². The molecule has 0 atom stereocenters. The smallest absolute Gasteiger partial charge is 0.266 e. The lowest BCUT2D eigenvalue weighted by molar-refractivity contribution is -0.116. The van der Waals surface area contributed by atoms with Crippen molar-refractivity contribution in [2.24, 2.45) is 0 Å². The van der Waals surface area contributed by atoms with Crippen molar-refractivity contribution in [2.75, 3.05) is 42.9 Å². The molecule has 0 saturated carbocycles. The third-order valence-corrected chi connectivity index (χ3v) is 5.08. The fourth-order valence-electron chi connectivity index (χ4n) is 3.44. The quantitative estimate of drug-likeness (QED) is 0.651. The summed E-state index contributed by atoms with van der Waals surface area (Å²) in [4.78, 5) is 20.7. The van der Waals surface area contributed by atoms with Crippen molar-refractivity contribution in [1.29, 1.82) is 10.5 Å². The van der Waals surface area contributed by atoms with Gasteiger partial charge in [0.25, 0.3) is 5.89 Å². The summed E-state index contributed by atoms with van der Waals surface area (Å²) in [5, 5.41) is 21.3. The van der Waals surface area contributed by atoms with E-state index in [0.29, 0.717) is 49.0 Å². The van der Waals surface area contributed by atoms with Gasteiger partial charge in [-0.3, -0.25) is 9.69 Å². The van der Waals surface area contributed by atoms with Crippen LogP contribution in [0.5, 0.6) is 0 Å². The van der Waals surface area contributed by atoms with Crippen LogP contribution in [-0.4, -0.2) is 48.5 Å². The molecule has 0 radical (unpaired) electrons. The first-order chi connectivity index (χ1) is 15.2. The number of furan rings is 1. The molecular weight excluding hydrogens is 396 g/mol. The molecular formula is C22H20N6O3. The van der Waals surface area contributed by atoms with E-state index in [1.165, 1.54) is 6.26 Å². The van der Waals surface area contributed by atoms with Gasteiger partial charge in [0.2, 0.25) is 17.5 Å². The number of nitriles is 2. The predicted molar refractivity (Wildman–Crippen MR) is 112 cm³/mol. The first-order valence-electron chi connectivity index (χ1n) is 9.89. The van der Waals surface area contributed by atoms with E-state index >= 15 is 0 Å². The van der Waals surface area contributed by atoms with Crippen LogP contribution < -0.4 is 10.2 Å². The average molecular weight is 416 g/mol. The first-order valence-corrected chi connectivity index (χ1v) is 9.89. The Labute approximate surface area is 179 Å². The SMILES string of the molecule is N#Cc1ccccc1NC(=O)CCN1CCN(c2oc(-c3ccco3)nc2C#N)CC1. The Morgan fingerprint density at radius 3 is 2.61 bits per heavy atom. The number of benzene rings is 1. The number of hydrogen-bond acceptors (Lipinski definition) is 8. The van der Waals surface area contributed by atoms with Gasteiger partial charge in [-0.1, -0.05) is 12.1 Å². The zero-order valence-corrected chi connectivity index (χ0v) is 16.7. The van der Waals surface area contributed by atoms with Crippen LogP contribution >= 0.6 is 0 Å². The second kappa shape index (κ2) is 9.16.